The van der Waals surface area contributed by atoms with Crippen LogP contribution >= 0.6 is 11.8 Å². The van der Waals surface area contributed by atoms with Crippen LogP contribution in [0.2, 0.25) is 0 Å². The number of rotatable bonds is 9. The van der Waals surface area contributed by atoms with Crippen LogP contribution in [0, 0.1) is 0 Å². The lowest BCUT2D eigenvalue weighted by atomic mass is 10.0. The molecule has 0 aliphatic heterocycles. The van der Waals surface area contributed by atoms with Gasteiger partial charge in [-0.1, -0.05) is 68.1 Å². The van der Waals surface area contributed by atoms with E-state index in [0.29, 0.717) is 17.7 Å². The first-order valence-corrected chi connectivity index (χ1v) is 11.5. The molecular formula is C26H29N3O2S. The Balaban J connectivity index is 1.60. The lowest BCUT2D eigenvalue weighted by Crippen LogP contribution is -2.06. The molecule has 0 unspecified atom stereocenters. The molecule has 0 fully saturated rings. The summed E-state index contributed by atoms with van der Waals surface area (Å²) in [7, 11) is 1.65. The first-order chi connectivity index (χ1) is 15.5. The maximum atomic E-state index is 5.97. The summed E-state index contributed by atoms with van der Waals surface area (Å²) >= 11 is 1.46. The SMILES string of the molecule is COc1ccc(C=NN=C(N)SCc2ccccc2)cc1COc1ccc(C(C)C)cc1. The van der Waals surface area contributed by atoms with Gasteiger partial charge in [0.05, 0.1) is 13.3 Å². The molecule has 2 N–H and O–H groups in total. The summed E-state index contributed by atoms with van der Waals surface area (Å²) in [5.74, 6) is 2.84. The van der Waals surface area contributed by atoms with Gasteiger partial charge in [0, 0.05) is 11.3 Å². The van der Waals surface area contributed by atoms with Gasteiger partial charge < -0.3 is 15.2 Å². The molecule has 3 rings (SSSR count). The monoisotopic (exact) mass is 447 g/mol. The third-order valence-corrected chi connectivity index (χ3v) is 5.69. The van der Waals surface area contributed by atoms with E-state index < -0.39 is 0 Å². The van der Waals surface area contributed by atoms with Gasteiger partial charge in [-0.15, -0.1) is 5.10 Å². The van der Waals surface area contributed by atoms with Crippen molar-refractivity contribution in [1.29, 1.82) is 0 Å². The first kappa shape index (κ1) is 23.4. The second-order valence-electron chi connectivity index (χ2n) is 7.54. The highest BCUT2D eigenvalue weighted by atomic mass is 32.2. The number of hydrogen-bond donors (Lipinski definition) is 1. The van der Waals surface area contributed by atoms with Crippen LogP contribution in [0.3, 0.4) is 0 Å². The zero-order chi connectivity index (χ0) is 22.8. The Kier molecular flexibility index (Phi) is 8.75. The molecule has 0 atom stereocenters. The molecule has 0 bridgehead atoms. The van der Waals surface area contributed by atoms with Gasteiger partial charge in [0.25, 0.3) is 0 Å². The molecular weight excluding hydrogens is 418 g/mol. The molecule has 166 valence electrons. The molecule has 6 heteroatoms. The smallest absolute Gasteiger partial charge is 0.180 e. The zero-order valence-corrected chi connectivity index (χ0v) is 19.5. The molecule has 0 spiro atoms. The van der Waals surface area contributed by atoms with Gasteiger partial charge >= 0.3 is 0 Å². The van der Waals surface area contributed by atoms with Gasteiger partial charge in [-0.25, -0.2) is 0 Å². The van der Waals surface area contributed by atoms with E-state index in [-0.39, 0.29) is 0 Å². The minimum Gasteiger partial charge on any atom is -0.496 e. The number of amidine groups is 1. The fourth-order valence-corrected chi connectivity index (χ4v) is 3.63. The lowest BCUT2D eigenvalue weighted by molar-refractivity contribution is 0.296. The molecule has 0 saturated heterocycles. The lowest BCUT2D eigenvalue weighted by Gasteiger charge is -2.12. The number of ether oxygens (including phenoxy) is 2. The molecule has 0 saturated carbocycles. The average molecular weight is 448 g/mol. The standard InChI is InChI=1S/C26H29N3O2S/c1-19(2)22-10-12-24(13-11-22)31-17-23-15-21(9-14-25(23)30-3)16-28-29-26(27)32-18-20-7-5-4-6-8-20/h4-16,19H,17-18H2,1-3H3,(H2,27,29). The van der Waals surface area contributed by atoms with Crippen molar-refractivity contribution in [3.05, 3.63) is 95.1 Å². The zero-order valence-electron chi connectivity index (χ0n) is 18.7. The van der Waals surface area contributed by atoms with Gasteiger partial charge in [0.15, 0.2) is 5.17 Å². The summed E-state index contributed by atoms with van der Waals surface area (Å²) in [6, 6.07) is 24.1. The van der Waals surface area contributed by atoms with Crippen molar-refractivity contribution in [2.45, 2.75) is 32.1 Å². The Bertz CT molecular complexity index is 1050. The van der Waals surface area contributed by atoms with Crippen LogP contribution in [0.5, 0.6) is 11.5 Å². The molecule has 0 radical (unpaired) electrons. The van der Waals surface area contributed by atoms with E-state index in [0.717, 1.165) is 28.4 Å². The average Bonchev–Trinajstić information content (AvgIpc) is 2.82. The number of thioether (sulfide) groups is 1. The van der Waals surface area contributed by atoms with Gasteiger partial charge in [-0.3, -0.25) is 0 Å². The highest BCUT2D eigenvalue weighted by Gasteiger charge is 2.06. The molecule has 0 heterocycles. The van der Waals surface area contributed by atoms with Crippen LogP contribution in [0.15, 0.2) is 83.0 Å². The predicted octanol–water partition coefficient (Wildman–Crippen LogP) is 5.98. The van der Waals surface area contributed by atoms with Gasteiger partial charge in [0.2, 0.25) is 0 Å². The van der Waals surface area contributed by atoms with E-state index in [9.17, 15) is 0 Å². The van der Waals surface area contributed by atoms with Gasteiger partial charge in [0.1, 0.15) is 18.1 Å². The molecule has 0 aliphatic rings. The Morgan fingerprint density at radius 2 is 1.78 bits per heavy atom. The van der Waals surface area contributed by atoms with Gasteiger partial charge in [-0.2, -0.15) is 5.10 Å². The minimum atomic E-state index is 0.393. The molecule has 0 aliphatic carbocycles. The Morgan fingerprint density at radius 3 is 2.47 bits per heavy atom. The maximum absolute atomic E-state index is 5.97. The Hall–Kier alpha value is -3.25. The highest BCUT2D eigenvalue weighted by molar-refractivity contribution is 8.13. The fraction of sp³-hybridized carbons (Fsp3) is 0.231. The van der Waals surface area contributed by atoms with Gasteiger partial charge in [-0.05, 0) is 52.9 Å². The normalized spacial score (nSPS) is 11.8. The maximum Gasteiger partial charge on any atom is 0.180 e. The van der Waals surface area contributed by atoms with Crippen LogP contribution < -0.4 is 15.2 Å². The van der Waals surface area contributed by atoms with E-state index in [1.165, 1.54) is 22.9 Å². The third kappa shape index (κ3) is 7.17. The van der Waals surface area contributed by atoms with E-state index in [1.54, 1.807) is 13.3 Å². The quantitative estimate of drug-likeness (QED) is 0.249. The fourth-order valence-electron chi connectivity index (χ4n) is 3.01. The number of benzene rings is 3. The van der Waals surface area contributed by atoms with E-state index in [2.05, 4.69) is 48.3 Å². The van der Waals surface area contributed by atoms with Crippen molar-refractivity contribution < 1.29 is 9.47 Å². The van der Waals surface area contributed by atoms with Crippen LogP contribution in [0.1, 0.15) is 42.0 Å². The minimum absolute atomic E-state index is 0.393. The molecule has 0 amide bonds. The molecule has 0 aromatic heterocycles. The summed E-state index contributed by atoms with van der Waals surface area (Å²) in [6.45, 7) is 4.74. The Morgan fingerprint density at radius 1 is 1.03 bits per heavy atom. The molecule has 5 nitrogen and oxygen atoms in total. The summed E-state index contributed by atoms with van der Waals surface area (Å²) in [4.78, 5) is 0. The summed E-state index contributed by atoms with van der Waals surface area (Å²) in [5, 5.41) is 8.64. The largest absolute Gasteiger partial charge is 0.496 e. The van der Waals surface area contributed by atoms with Crippen molar-refractivity contribution in [3.8, 4) is 11.5 Å². The van der Waals surface area contributed by atoms with Crippen LogP contribution in [0.4, 0.5) is 0 Å². The summed E-state index contributed by atoms with van der Waals surface area (Å²) in [6.07, 6.45) is 1.68. The molecule has 3 aromatic rings. The Labute approximate surface area is 194 Å². The number of hydrogen-bond acceptors (Lipinski definition) is 5. The van der Waals surface area contributed by atoms with E-state index in [4.69, 9.17) is 15.2 Å². The van der Waals surface area contributed by atoms with Crippen molar-refractivity contribution in [1.82, 2.24) is 0 Å². The second kappa shape index (κ2) is 12.0. The van der Waals surface area contributed by atoms with Crippen LogP contribution in [-0.2, 0) is 12.4 Å². The summed E-state index contributed by atoms with van der Waals surface area (Å²) in [5.41, 5.74) is 10.3. The number of nitrogens with two attached hydrogens (primary N) is 1. The molecule has 3 aromatic carbocycles. The second-order valence-corrected chi connectivity index (χ2v) is 8.54. The van der Waals surface area contributed by atoms with E-state index >= 15 is 0 Å². The van der Waals surface area contributed by atoms with Crippen molar-refractivity contribution in [2.75, 3.05) is 7.11 Å². The topological polar surface area (TPSA) is 69.2 Å². The predicted molar refractivity (Wildman–Crippen MR) is 135 cm³/mol. The van der Waals surface area contributed by atoms with Crippen molar-refractivity contribution in [3.63, 3.8) is 0 Å². The third-order valence-electron chi connectivity index (χ3n) is 4.84. The number of nitrogens with zero attached hydrogens (tertiary/aromatic N) is 2. The molecule has 32 heavy (non-hydrogen) atoms. The van der Waals surface area contributed by atoms with E-state index in [1.807, 2.05) is 48.5 Å². The van der Waals surface area contributed by atoms with Crippen molar-refractivity contribution in [2.24, 2.45) is 15.9 Å². The van der Waals surface area contributed by atoms with Crippen LogP contribution in [-0.4, -0.2) is 18.5 Å². The van der Waals surface area contributed by atoms with Crippen LogP contribution in [0.25, 0.3) is 0 Å². The first-order valence-electron chi connectivity index (χ1n) is 10.5. The van der Waals surface area contributed by atoms with Crippen molar-refractivity contribution >= 4 is 23.1 Å². The summed E-state index contributed by atoms with van der Waals surface area (Å²) < 4.78 is 11.4. The number of methoxy groups -OCH3 is 1. The highest BCUT2D eigenvalue weighted by Crippen LogP contribution is 2.23.